The molecule has 4 aliphatic rings. The fourth-order valence-corrected chi connectivity index (χ4v) is 5.54. The van der Waals surface area contributed by atoms with Crippen LogP contribution in [0.15, 0.2) is 23.3 Å². The van der Waals surface area contributed by atoms with E-state index in [0.717, 1.165) is 45.3 Å². The fourth-order valence-electron chi connectivity index (χ4n) is 5.54. The second kappa shape index (κ2) is 11.7. The number of benzene rings is 1. The quantitative estimate of drug-likeness (QED) is 0.125. The van der Waals surface area contributed by atoms with E-state index in [-0.39, 0.29) is 43.1 Å². The number of likely N-dealkylation sites (tertiary alicyclic amines) is 1. The van der Waals surface area contributed by atoms with Crippen molar-refractivity contribution in [3.05, 3.63) is 39.8 Å². The number of azide groups is 1. The van der Waals surface area contributed by atoms with Crippen molar-refractivity contribution in [3.63, 3.8) is 0 Å². The van der Waals surface area contributed by atoms with E-state index in [4.69, 9.17) is 10.3 Å². The predicted molar refractivity (Wildman–Crippen MR) is 141 cm³/mol. The van der Waals surface area contributed by atoms with Gasteiger partial charge in [0.1, 0.15) is 6.04 Å². The largest absolute Gasteiger partial charge is 0.379 e. The van der Waals surface area contributed by atoms with Crippen LogP contribution in [0.3, 0.4) is 0 Å². The van der Waals surface area contributed by atoms with Gasteiger partial charge in [-0.15, -0.1) is 0 Å². The normalized spacial score (nSPS) is 22.7. The second-order valence-corrected chi connectivity index (χ2v) is 10.6. The molecule has 13 heteroatoms. The van der Waals surface area contributed by atoms with Crippen molar-refractivity contribution in [2.75, 3.05) is 44.7 Å². The third-order valence-corrected chi connectivity index (χ3v) is 8.05. The highest BCUT2D eigenvalue weighted by Crippen LogP contribution is 2.38. The SMILES string of the molecule is [N-]=[N+]=NC1CCN(CCOCCNC2(C(=O)Nc3cccc4c3CN(C3CCC(=O)NC3=O)C4=O)CC2)CC1. The number of hydrogen-bond donors (Lipinski definition) is 3. The standard InChI is InChI=1S/C26H34N8O5/c27-32-31-17-6-11-33(12-7-17)13-15-39-14-10-28-26(8-9-26)25(38)29-20-3-1-2-18-19(20)16-34(24(18)37)21-4-5-22(35)30-23(21)36/h1-3,17,21,28H,4-16H2,(H,29,38)(H,30,35,36). The molecule has 1 aromatic rings. The van der Waals surface area contributed by atoms with Gasteiger partial charge in [-0.2, -0.15) is 0 Å². The fraction of sp³-hybridized carbons (Fsp3) is 0.615. The molecule has 5 rings (SSSR count). The number of anilines is 1. The van der Waals surface area contributed by atoms with Gasteiger partial charge in [-0.3, -0.25) is 24.5 Å². The minimum absolute atomic E-state index is 0.0963. The van der Waals surface area contributed by atoms with Crippen LogP contribution in [-0.4, -0.2) is 90.4 Å². The first-order valence-electron chi connectivity index (χ1n) is 13.6. The molecule has 1 aliphatic carbocycles. The number of hydrogen-bond acceptors (Lipinski definition) is 8. The zero-order valence-electron chi connectivity index (χ0n) is 21.9. The second-order valence-electron chi connectivity index (χ2n) is 10.6. The van der Waals surface area contributed by atoms with Gasteiger partial charge < -0.3 is 25.2 Å². The van der Waals surface area contributed by atoms with E-state index in [1.165, 1.54) is 4.90 Å². The van der Waals surface area contributed by atoms with Crippen molar-refractivity contribution < 1.29 is 23.9 Å². The summed E-state index contributed by atoms with van der Waals surface area (Å²) in [6.07, 6.45) is 3.66. The van der Waals surface area contributed by atoms with Crippen LogP contribution in [0.25, 0.3) is 10.4 Å². The summed E-state index contributed by atoms with van der Waals surface area (Å²) in [5.74, 6) is -1.21. The van der Waals surface area contributed by atoms with E-state index in [9.17, 15) is 19.2 Å². The van der Waals surface area contributed by atoms with Crippen LogP contribution in [0, 0.1) is 0 Å². The molecule has 208 valence electrons. The average Bonchev–Trinajstić information content (AvgIpc) is 3.65. The number of amides is 4. The summed E-state index contributed by atoms with van der Waals surface area (Å²) in [6, 6.07) is 4.59. The van der Waals surface area contributed by atoms with E-state index in [0.29, 0.717) is 36.6 Å². The number of rotatable bonds is 11. The summed E-state index contributed by atoms with van der Waals surface area (Å²) >= 11 is 0. The number of nitrogens with zero attached hydrogens (tertiary/aromatic N) is 5. The Morgan fingerprint density at radius 2 is 1.97 bits per heavy atom. The van der Waals surface area contributed by atoms with Crippen LogP contribution < -0.4 is 16.0 Å². The Morgan fingerprint density at radius 3 is 2.69 bits per heavy atom. The molecule has 13 nitrogen and oxygen atoms in total. The van der Waals surface area contributed by atoms with Gasteiger partial charge in [-0.1, -0.05) is 11.2 Å². The molecule has 39 heavy (non-hydrogen) atoms. The Balaban J connectivity index is 1.07. The van der Waals surface area contributed by atoms with Crippen molar-refractivity contribution in [3.8, 4) is 0 Å². The maximum absolute atomic E-state index is 13.2. The zero-order valence-corrected chi connectivity index (χ0v) is 21.9. The van der Waals surface area contributed by atoms with Crippen LogP contribution in [0.5, 0.6) is 0 Å². The Labute approximate surface area is 226 Å². The van der Waals surface area contributed by atoms with Gasteiger partial charge in [0.2, 0.25) is 17.7 Å². The number of imide groups is 1. The van der Waals surface area contributed by atoms with Crippen LogP contribution in [0.1, 0.15) is 54.4 Å². The van der Waals surface area contributed by atoms with Crippen LogP contribution in [0.4, 0.5) is 5.69 Å². The third kappa shape index (κ3) is 6.06. The summed E-state index contributed by atoms with van der Waals surface area (Å²) in [5, 5.41) is 12.4. The summed E-state index contributed by atoms with van der Waals surface area (Å²) < 4.78 is 5.77. The lowest BCUT2D eigenvalue weighted by Gasteiger charge is -2.29. The van der Waals surface area contributed by atoms with Gasteiger partial charge >= 0.3 is 0 Å². The van der Waals surface area contributed by atoms with Crippen molar-refractivity contribution in [2.45, 2.75) is 62.7 Å². The topological polar surface area (TPSA) is 169 Å². The molecule has 0 radical (unpaired) electrons. The van der Waals surface area contributed by atoms with Gasteiger partial charge in [0.05, 0.1) is 18.8 Å². The van der Waals surface area contributed by atoms with E-state index in [2.05, 4.69) is 30.9 Å². The van der Waals surface area contributed by atoms with Crippen molar-refractivity contribution >= 4 is 29.3 Å². The predicted octanol–water partition coefficient (Wildman–Crippen LogP) is 1.30. The number of carbonyl (C=O) groups is 4. The van der Waals surface area contributed by atoms with Crippen LogP contribution in [-0.2, 0) is 25.7 Å². The minimum atomic E-state index is -0.702. The molecule has 0 aromatic heterocycles. The first-order chi connectivity index (χ1) is 18.9. The molecule has 3 N–H and O–H groups in total. The minimum Gasteiger partial charge on any atom is -0.379 e. The van der Waals surface area contributed by atoms with Crippen molar-refractivity contribution in [1.29, 1.82) is 0 Å². The van der Waals surface area contributed by atoms with Gasteiger partial charge in [0.15, 0.2) is 0 Å². The van der Waals surface area contributed by atoms with E-state index in [1.54, 1.807) is 18.2 Å². The Morgan fingerprint density at radius 1 is 1.18 bits per heavy atom. The number of ether oxygens (including phenoxy) is 1. The molecule has 3 aliphatic heterocycles. The first-order valence-corrected chi connectivity index (χ1v) is 13.6. The average molecular weight is 539 g/mol. The summed E-state index contributed by atoms with van der Waals surface area (Å²) in [4.78, 5) is 56.8. The number of nitrogens with one attached hydrogen (secondary N) is 3. The van der Waals surface area contributed by atoms with Gasteiger partial charge in [-0.05, 0) is 62.9 Å². The van der Waals surface area contributed by atoms with Gasteiger partial charge in [0.25, 0.3) is 5.91 Å². The summed E-state index contributed by atoms with van der Waals surface area (Å²) in [6.45, 7) is 4.45. The molecular weight excluding hydrogens is 504 g/mol. The molecule has 1 atom stereocenters. The Bertz CT molecular complexity index is 1190. The molecule has 4 amide bonds. The summed E-state index contributed by atoms with van der Waals surface area (Å²) in [7, 11) is 0. The van der Waals surface area contributed by atoms with Crippen LogP contribution >= 0.6 is 0 Å². The number of carbonyl (C=O) groups excluding carboxylic acids is 4. The monoisotopic (exact) mass is 538 g/mol. The van der Waals surface area contributed by atoms with Gasteiger partial charge in [0, 0.05) is 53.8 Å². The molecule has 3 fully saturated rings. The smallest absolute Gasteiger partial charge is 0.255 e. The highest BCUT2D eigenvalue weighted by molar-refractivity contribution is 6.07. The summed E-state index contributed by atoms with van der Waals surface area (Å²) in [5.41, 5.74) is 9.61. The maximum Gasteiger partial charge on any atom is 0.255 e. The lowest BCUT2D eigenvalue weighted by molar-refractivity contribution is -0.137. The Kier molecular flexibility index (Phi) is 8.12. The molecule has 1 aromatic carbocycles. The van der Waals surface area contributed by atoms with Gasteiger partial charge in [-0.25, -0.2) is 0 Å². The molecular formula is C26H34N8O5. The maximum atomic E-state index is 13.2. The molecule has 0 bridgehead atoms. The first kappa shape index (κ1) is 27.1. The third-order valence-electron chi connectivity index (χ3n) is 8.05. The molecule has 1 saturated carbocycles. The number of fused-ring (bicyclic) bond motifs is 1. The lowest BCUT2D eigenvalue weighted by atomic mass is 10.0. The Hall–Kier alpha value is -3.51. The van der Waals surface area contributed by atoms with Crippen molar-refractivity contribution in [1.82, 2.24) is 20.4 Å². The highest BCUT2D eigenvalue weighted by Gasteiger charge is 2.50. The number of piperidine rings is 2. The molecule has 2 saturated heterocycles. The van der Waals surface area contributed by atoms with E-state index < -0.39 is 17.5 Å². The van der Waals surface area contributed by atoms with E-state index in [1.807, 2.05) is 0 Å². The van der Waals surface area contributed by atoms with Crippen LogP contribution in [0.2, 0.25) is 0 Å². The molecule has 1 unspecified atom stereocenters. The van der Waals surface area contributed by atoms with Crippen molar-refractivity contribution in [2.24, 2.45) is 5.11 Å². The zero-order chi connectivity index (χ0) is 27.4. The molecule has 3 heterocycles. The van der Waals surface area contributed by atoms with E-state index >= 15 is 0 Å². The lowest BCUT2D eigenvalue weighted by Crippen LogP contribution is -2.52. The molecule has 0 spiro atoms. The highest BCUT2D eigenvalue weighted by atomic mass is 16.5.